The van der Waals surface area contributed by atoms with Crippen molar-refractivity contribution < 1.29 is 14.3 Å². The fourth-order valence-corrected chi connectivity index (χ4v) is 4.68. The van der Waals surface area contributed by atoms with Crippen LogP contribution in [0.1, 0.15) is 6.92 Å². The van der Waals surface area contributed by atoms with Crippen LogP contribution in [0.5, 0.6) is 11.5 Å². The summed E-state index contributed by atoms with van der Waals surface area (Å²) in [6, 6.07) is 13.4. The van der Waals surface area contributed by atoms with Gasteiger partial charge in [0.25, 0.3) is 0 Å². The third kappa shape index (κ3) is 3.57. The van der Waals surface area contributed by atoms with E-state index in [0.29, 0.717) is 30.4 Å². The number of carbonyl (C=O) groups excluding carboxylic acids is 1. The average molecular weight is 372 g/mol. The van der Waals surface area contributed by atoms with Crippen LogP contribution < -0.4 is 14.8 Å². The maximum absolute atomic E-state index is 12.5. The van der Waals surface area contributed by atoms with Gasteiger partial charge >= 0.3 is 0 Å². The number of thiazole rings is 1. The summed E-state index contributed by atoms with van der Waals surface area (Å²) in [6.45, 7) is 2.95. The van der Waals surface area contributed by atoms with Gasteiger partial charge < -0.3 is 14.8 Å². The molecule has 3 aromatic rings. The quantitative estimate of drug-likeness (QED) is 0.696. The molecule has 2 aromatic carbocycles. The van der Waals surface area contributed by atoms with Gasteiger partial charge in [0, 0.05) is 11.8 Å². The molecule has 1 N–H and O–H groups in total. The third-order valence-corrected chi connectivity index (χ3v) is 5.96. The molecule has 0 saturated carbocycles. The topological polar surface area (TPSA) is 60.5 Å². The van der Waals surface area contributed by atoms with E-state index in [4.69, 9.17) is 9.47 Å². The highest BCUT2D eigenvalue weighted by Gasteiger charge is 2.18. The van der Waals surface area contributed by atoms with Gasteiger partial charge in [0.15, 0.2) is 15.8 Å². The number of ether oxygens (including phenoxy) is 2. The Balaban J connectivity index is 1.43. The summed E-state index contributed by atoms with van der Waals surface area (Å²) >= 11 is 3.07. The second kappa shape index (κ2) is 6.93. The van der Waals surface area contributed by atoms with Crippen molar-refractivity contribution >= 4 is 44.9 Å². The molecular weight excluding hydrogens is 356 g/mol. The minimum absolute atomic E-state index is 0.0686. The number of nitrogens with one attached hydrogen (secondary N) is 1. The highest BCUT2D eigenvalue weighted by atomic mass is 32.2. The number of thioether (sulfide) groups is 1. The zero-order chi connectivity index (χ0) is 17.2. The molecule has 0 aliphatic carbocycles. The zero-order valence-corrected chi connectivity index (χ0v) is 15.2. The standard InChI is InChI=1S/C18H16N2O3S2/c1-11(24-18-20-13-4-2-3-5-16(13)25-18)17(21)19-12-6-7-14-15(10-12)23-9-8-22-14/h2-7,10-11H,8-9H2,1H3,(H,19,21). The molecule has 0 saturated heterocycles. The minimum atomic E-state index is -0.256. The largest absolute Gasteiger partial charge is 0.486 e. The predicted octanol–water partition coefficient (Wildman–Crippen LogP) is 4.19. The van der Waals surface area contributed by atoms with Crippen molar-refractivity contribution in [2.24, 2.45) is 0 Å². The molecule has 128 valence electrons. The van der Waals surface area contributed by atoms with Gasteiger partial charge in [-0.1, -0.05) is 23.9 Å². The number of benzene rings is 2. The number of amides is 1. The first-order valence-electron chi connectivity index (χ1n) is 7.92. The van der Waals surface area contributed by atoms with Crippen LogP contribution in [0.4, 0.5) is 5.69 Å². The Bertz CT molecular complexity index is 893. The summed E-state index contributed by atoms with van der Waals surface area (Å²) in [7, 11) is 0. The fraction of sp³-hybridized carbons (Fsp3) is 0.222. The molecule has 1 aromatic heterocycles. The van der Waals surface area contributed by atoms with Crippen molar-refractivity contribution in [1.82, 2.24) is 4.98 Å². The zero-order valence-electron chi connectivity index (χ0n) is 13.5. The second-order valence-electron chi connectivity index (χ2n) is 5.56. The van der Waals surface area contributed by atoms with Crippen LogP contribution in [0.2, 0.25) is 0 Å². The first-order valence-corrected chi connectivity index (χ1v) is 9.61. The Labute approximate surface area is 153 Å². The summed E-state index contributed by atoms with van der Waals surface area (Å²) in [5.74, 6) is 1.30. The van der Waals surface area contributed by atoms with E-state index in [1.807, 2.05) is 43.3 Å². The number of nitrogens with zero attached hydrogens (tertiary/aromatic N) is 1. The first-order chi connectivity index (χ1) is 12.2. The summed E-state index contributed by atoms with van der Waals surface area (Å²) in [4.78, 5) is 17.0. The molecule has 0 spiro atoms. The molecule has 25 heavy (non-hydrogen) atoms. The first kappa shape index (κ1) is 16.2. The number of anilines is 1. The van der Waals surface area contributed by atoms with Crippen LogP contribution in [0.25, 0.3) is 10.2 Å². The molecule has 4 rings (SSSR count). The lowest BCUT2D eigenvalue weighted by Crippen LogP contribution is -2.22. The molecule has 1 atom stereocenters. The second-order valence-corrected chi connectivity index (χ2v) is 8.17. The van der Waals surface area contributed by atoms with Gasteiger partial charge in [0.2, 0.25) is 5.91 Å². The normalized spacial score (nSPS) is 14.3. The number of hydrogen-bond acceptors (Lipinski definition) is 6. The highest BCUT2D eigenvalue weighted by molar-refractivity contribution is 8.02. The maximum atomic E-state index is 12.5. The van der Waals surface area contributed by atoms with E-state index in [1.54, 1.807) is 17.4 Å². The monoisotopic (exact) mass is 372 g/mol. The Hall–Kier alpha value is -2.25. The fourth-order valence-electron chi connectivity index (χ4n) is 2.47. The molecule has 1 aliphatic rings. The summed E-state index contributed by atoms with van der Waals surface area (Å²) < 4.78 is 13.1. The summed E-state index contributed by atoms with van der Waals surface area (Å²) in [6.07, 6.45) is 0. The van der Waals surface area contributed by atoms with E-state index in [-0.39, 0.29) is 11.2 Å². The van der Waals surface area contributed by atoms with Crippen LogP contribution in [-0.4, -0.2) is 29.4 Å². The summed E-state index contributed by atoms with van der Waals surface area (Å²) in [5, 5.41) is 2.67. The minimum Gasteiger partial charge on any atom is -0.486 e. The van der Waals surface area contributed by atoms with E-state index >= 15 is 0 Å². The van der Waals surface area contributed by atoms with Crippen molar-refractivity contribution in [2.75, 3.05) is 18.5 Å². The third-order valence-electron chi connectivity index (χ3n) is 3.73. The van der Waals surface area contributed by atoms with Gasteiger partial charge in [-0.05, 0) is 31.2 Å². The van der Waals surface area contributed by atoms with Gasteiger partial charge in [-0.2, -0.15) is 0 Å². The number of hydrogen-bond donors (Lipinski definition) is 1. The molecule has 7 heteroatoms. The van der Waals surface area contributed by atoms with Gasteiger partial charge in [-0.15, -0.1) is 11.3 Å². The van der Waals surface area contributed by atoms with E-state index in [0.717, 1.165) is 14.6 Å². The van der Waals surface area contributed by atoms with Crippen molar-refractivity contribution in [1.29, 1.82) is 0 Å². The van der Waals surface area contributed by atoms with Gasteiger partial charge in [0.05, 0.1) is 15.5 Å². The molecule has 0 bridgehead atoms. The molecule has 5 nitrogen and oxygen atoms in total. The molecule has 0 radical (unpaired) electrons. The highest BCUT2D eigenvalue weighted by Crippen LogP contribution is 2.34. The lowest BCUT2D eigenvalue weighted by Gasteiger charge is -2.19. The van der Waals surface area contributed by atoms with Crippen LogP contribution in [0, 0.1) is 0 Å². The van der Waals surface area contributed by atoms with Gasteiger partial charge in [0.1, 0.15) is 13.2 Å². The Morgan fingerprint density at radius 1 is 1.20 bits per heavy atom. The smallest absolute Gasteiger partial charge is 0.237 e. The van der Waals surface area contributed by atoms with E-state index < -0.39 is 0 Å². The van der Waals surface area contributed by atoms with Crippen LogP contribution in [0.15, 0.2) is 46.8 Å². The molecule has 2 heterocycles. The Morgan fingerprint density at radius 3 is 2.84 bits per heavy atom. The van der Waals surface area contributed by atoms with Crippen molar-refractivity contribution in [2.45, 2.75) is 16.5 Å². The van der Waals surface area contributed by atoms with Crippen LogP contribution in [0.3, 0.4) is 0 Å². The van der Waals surface area contributed by atoms with Gasteiger partial charge in [-0.3, -0.25) is 4.79 Å². The maximum Gasteiger partial charge on any atom is 0.237 e. The number of carbonyl (C=O) groups is 1. The number of fused-ring (bicyclic) bond motifs is 2. The summed E-state index contributed by atoms with van der Waals surface area (Å²) in [5.41, 5.74) is 1.67. The van der Waals surface area contributed by atoms with Crippen molar-refractivity contribution in [3.8, 4) is 11.5 Å². The molecule has 1 unspecified atom stereocenters. The number of aromatic nitrogens is 1. The molecular formula is C18H16N2O3S2. The van der Waals surface area contributed by atoms with E-state index in [1.165, 1.54) is 11.8 Å². The van der Waals surface area contributed by atoms with Crippen LogP contribution in [-0.2, 0) is 4.79 Å². The molecule has 1 amide bonds. The van der Waals surface area contributed by atoms with Crippen molar-refractivity contribution in [3.05, 3.63) is 42.5 Å². The van der Waals surface area contributed by atoms with E-state index in [2.05, 4.69) is 10.3 Å². The van der Waals surface area contributed by atoms with Crippen LogP contribution >= 0.6 is 23.1 Å². The van der Waals surface area contributed by atoms with Crippen molar-refractivity contribution in [3.63, 3.8) is 0 Å². The SMILES string of the molecule is CC(Sc1nc2ccccc2s1)C(=O)Nc1ccc2c(c1)OCCO2. The Kier molecular flexibility index (Phi) is 4.50. The average Bonchev–Trinajstić information content (AvgIpc) is 3.03. The predicted molar refractivity (Wildman–Crippen MR) is 101 cm³/mol. The molecule has 1 aliphatic heterocycles. The number of rotatable bonds is 4. The molecule has 0 fully saturated rings. The lowest BCUT2D eigenvalue weighted by atomic mass is 10.2. The lowest BCUT2D eigenvalue weighted by molar-refractivity contribution is -0.115. The van der Waals surface area contributed by atoms with Gasteiger partial charge in [-0.25, -0.2) is 4.98 Å². The Morgan fingerprint density at radius 2 is 2.00 bits per heavy atom. The van der Waals surface area contributed by atoms with E-state index in [9.17, 15) is 4.79 Å². The number of para-hydroxylation sites is 1.